The van der Waals surface area contributed by atoms with Gasteiger partial charge in [-0.2, -0.15) is 4.98 Å². The molecule has 0 aliphatic rings. The average molecular weight is 400 g/mol. The number of aromatic nitrogens is 2. The molecule has 146 valence electrons. The van der Waals surface area contributed by atoms with Gasteiger partial charge in [0.1, 0.15) is 11.8 Å². The Morgan fingerprint density at radius 3 is 2.46 bits per heavy atom. The largest absolute Gasteiger partial charge is 0.484 e. The number of rotatable bonds is 7. The van der Waals surface area contributed by atoms with Crippen molar-refractivity contribution < 1.29 is 14.1 Å². The van der Waals surface area contributed by atoms with E-state index in [1.165, 1.54) is 0 Å². The molecular formula is C21H22ClN3O3. The van der Waals surface area contributed by atoms with Gasteiger partial charge in [-0.25, -0.2) is 0 Å². The zero-order valence-corrected chi connectivity index (χ0v) is 16.7. The van der Waals surface area contributed by atoms with Gasteiger partial charge in [0.2, 0.25) is 11.7 Å². The molecule has 7 heteroatoms. The molecule has 0 saturated heterocycles. The Kier molecular flexibility index (Phi) is 6.31. The van der Waals surface area contributed by atoms with Gasteiger partial charge >= 0.3 is 0 Å². The number of aryl methyl sites for hydroxylation is 1. The van der Waals surface area contributed by atoms with Gasteiger partial charge in [0.15, 0.2) is 6.61 Å². The number of benzene rings is 2. The van der Waals surface area contributed by atoms with Crippen LogP contribution >= 0.6 is 11.6 Å². The number of hydrogen-bond donors (Lipinski definition) is 1. The van der Waals surface area contributed by atoms with Crippen molar-refractivity contribution in [2.75, 3.05) is 6.61 Å². The number of nitrogens with zero attached hydrogens (tertiary/aromatic N) is 2. The van der Waals surface area contributed by atoms with Gasteiger partial charge in [0, 0.05) is 10.6 Å². The van der Waals surface area contributed by atoms with Crippen molar-refractivity contribution in [1.82, 2.24) is 15.5 Å². The van der Waals surface area contributed by atoms with Gasteiger partial charge < -0.3 is 14.6 Å². The number of nitrogens with one attached hydrogen (secondary N) is 1. The molecule has 1 atom stereocenters. The van der Waals surface area contributed by atoms with Gasteiger partial charge in [-0.05, 0) is 37.1 Å². The zero-order valence-electron chi connectivity index (χ0n) is 16.0. The maximum Gasteiger partial charge on any atom is 0.258 e. The predicted octanol–water partition coefficient (Wildman–Crippen LogP) is 4.59. The molecule has 28 heavy (non-hydrogen) atoms. The van der Waals surface area contributed by atoms with E-state index in [-0.39, 0.29) is 18.4 Å². The van der Waals surface area contributed by atoms with E-state index in [2.05, 4.69) is 15.5 Å². The van der Waals surface area contributed by atoms with Crippen LogP contribution in [0.3, 0.4) is 0 Å². The highest BCUT2D eigenvalue weighted by Gasteiger charge is 2.25. The first-order valence-corrected chi connectivity index (χ1v) is 9.38. The average Bonchev–Trinajstić information content (AvgIpc) is 3.15. The summed E-state index contributed by atoms with van der Waals surface area (Å²) >= 11 is 5.84. The summed E-state index contributed by atoms with van der Waals surface area (Å²) in [4.78, 5) is 16.8. The van der Waals surface area contributed by atoms with Gasteiger partial charge in [0.05, 0.1) is 0 Å². The van der Waals surface area contributed by atoms with Crippen LogP contribution in [0, 0.1) is 12.8 Å². The van der Waals surface area contributed by atoms with Crippen LogP contribution in [-0.4, -0.2) is 22.7 Å². The minimum Gasteiger partial charge on any atom is -0.484 e. The van der Waals surface area contributed by atoms with Crippen LogP contribution in [0.2, 0.25) is 5.02 Å². The number of carbonyl (C=O) groups excluding carboxylic acids is 1. The fourth-order valence-electron chi connectivity index (χ4n) is 2.59. The molecule has 0 radical (unpaired) electrons. The van der Waals surface area contributed by atoms with E-state index in [1.807, 2.05) is 45.0 Å². The molecule has 1 N–H and O–H groups in total. The second-order valence-corrected chi connectivity index (χ2v) is 7.29. The minimum absolute atomic E-state index is 0.0609. The number of ether oxygens (including phenoxy) is 1. The van der Waals surface area contributed by atoms with Crippen LogP contribution in [0.1, 0.15) is 31.3 Å². The number of halogens is 1. The third-order valence-electron chi connectivity index (χ3n) is 4.18. The summed E-state index contributed by atoms with van der Waals surface area (Å²) in [6, 6.07) is 14.3. The molecule has 1 heterocycles. The molecule has 0 unspecified atom stereocenters. The lowest BCUT2D eigenvalue weighted by atomic mass is 10.0. The lowest BCUT2D eigenvalue weighted by Crippen LogP contribution is -2.35. The van der Waals surface area contributed by atoms with E-state index in [1.54, 1.807) is 24.3 Å². The van der Waals surface area contributed by atoms with E-state index in [0.717, 1.165) is 11.1 Å². The fourth-order valence-corrected chi connectivity index (χ4v) is 2.72. The summed E-state index contributed by atoms with van der Waals surface area (Å²) in [7, 11) is 0. The van der Waals surface area contributed by atoms with Crippen molar-refractivity contribution in [3.8, 4) is 17.1 Å². The first-order chi connectivity index (χ1) is 13.4. The van der Waals surface area contributed by atoms with Gasteiger partial charge in [-0.15, -0.1) is 0 Å². The second kappa shape index (κ2) is 8.89. The van der Waals surface area contributed by atoms with Gasteiger partial charge in [0.25, 0.3) is 5.91 Å². The molecule has 0 fully saturated rings. The Bertz CT molecular complexity index is 921. The maximum absolute atomic E-state index is 12.3. The summed E-state index contributed by atoms with van der Waals surface area (Å²) in [6.45, 7) is 5.84. The molecule has 1 amide bonds. The molecule has 0 aliphatic carbocycles. The normalized spacial score (nSPS) is 12.0. The van der Waals surface area contributed by atoms with Crippen molar-refractivity contribution in [3.05, 3.63) is 65.0 Å². The van der Waals surface area contributed by atoms with E-state index < -0.39 is 6.04 Å². The van der Waals surface area contributed by atoms with Crippen molar-refractivity contribution in [3.63, 3.8) is 0 Å². The van der Waals surface area contributed by atoms with Crippen LogP contribution in [0.25, 0.3) is 11.4 Å². The van der Waals surface area contributed by atoms with Crippen molar-refractivity contribution in [2.24, 2.45) is 5.92 Å². The summed E-state index contributed by atoms with van der Waals surface area (Å²) in [5.74, 6) is 1.22. The third-order valence-corrected chi connectivity index (χ3v) is 4.44. The summed E-state index contributed by atoms with van der Waals surface area (Å²) in [5, 5.41) is 7.56. The smallest absolute Gasteiger partial charge is 0.258 e. The monoisotopic (exact) mass is 399 g/mol. The Labute approximate surface area is 168 Å². The van der Waals surface area contributed by atoms with Crippen LogP contribution in [0.4, 0.5) is 0 Å². The van der Waals surface area contributed by atoms with E-state index in [0.29, 0.717) is 22.5 Å². The summed E-state index contributed by atoms with van der Waals surface area (Å²) < 4.78 is 10.9. The van der Waals surface area contributed by atoms with Crippen LogP contribution < -0.4 is 10.1 Å². The Balaban J connectivity index is 1.65. The van der Waals surface area contributed by atoms with Gasteiger partial charge in [-0.3, -0.25) is 4.79 Å². The molecule has 0 spiro atoms. The van der Waals surface area contributed by atoms with E-state index >= 15 is 0 Å². The number of hydrogen-bond acceptors (Lipinski definition) is 5. The molecular weight excluding hydrogens is 378 g/mol. The highest BCUT2D eigenvalue weighted by molar-refractivity contribution is 6.30. The molecule has 1 aromatic heterocycles. The lowest BCUT2D eigenvalue weighted by Gasteiger charge is -2.18. The predicted molar refractivity (Wildman–Crippen MR) is 107 cm³/mol. The standard InChI is InChI=1S/C21H22ClN3O3/c1-13(2)19(23-18(26)12-27-17-10-8-16(22)9-11-17)21-24-20(25-28-21)15-6-4-14(3)5-7-15/h4-11,13,19H,12H2,1-3H3,(H,23,26)/t19-/m1/s1. The van der Waals surface area contributed by atoms with Crippen LogP contribution in [0.5, 0.6) is 5.75 Å². The Morgan fingerprint density at radius 1 is 1.14 bits per heavy atom. The summed E-state index contributed by atoms with van der Waals surface area (Å²) in [6.07, 6.45) is 0. The van der Waals surface area contributed by atoms with E-state index in [9.17, 15) is 4.79 Å². The minimum atomic E-state index is -0.409. The Morgan fingerprint density at radius 2 is 1.82 bits per heavy atom. The van der Waals surface area contributed by atoms with E-state index in [4.69, 9.17) is 20.9 Å². The first-order valence-electron chi connectivity index (χ1n) is 9.01. The topological polar surface area (TPSA) is 77.2 Å². The SMILES string of the molecule is Cc1ccc(-c2noc([C@H](NC(=O)COc3ccc(Cl)cc3)C(C)C)n2)cc1. The molecule has 0 saturated carbocycles. The summed E-state index contributed by atoms with van der Waals surface area (Å²) in [5.41, 5.74) is 2.01. The highest BCUT2D eigenvalue weighted by atomic mass is 35.5. The lowest BCUT2D eigenvalue weighted by molar-refractivity contribution is -0.124. The van der Waals surface area contributed by atoms with Crippen LogP contribution in [-0.2, 0) is 4.79 Å². The van der Waals surface area contributed by atoms with Crippen molar-refractivity contribution in [1.29, 1.82) is 0 Å². The first kappa shape index (κ1) is 19.9. The fraction of sp³-hybridized carbons (Fsp3) is 0.286. The van der Waals surface area contributed by atoms with Crippen molar-refractivity contribution >= 4 is 17.5 Å². The molecule has 3 rings (SSSR count). The molecule has 2 aromatic carbocycles. The van der Waals surface area contributed by atoms with Crippen LogP contribution in [0.15, 0.2) is 53.1 Å². The molecule has 3 aromatic rings. The quantitative estimate of drug-likeness (QED) is 0.628. The Hall–Kier alpha value is -2.86. The van der Waals surface area contributed by atoms with Gasteiger partial charge in [-0.1, -0.05) is 60.4 Å². The molecule has 6 nitrogen and oxygen atoms in total. The molecule has 0 aliphatic heterocycles. The third kappa shape index (κ3) is 5.10. The maximum atomic E-state index is 12.3. The second-order valence-electron chi connectivity index (χ2n) is 6.85. The van der Waals surface area contributed by atoms with Crippen molar-refractivity contribution in [2.45, 2.75) is 26.8 Å². The number of amides is 1. The molecule has 0 bridgehead atoms. The highest BCUT2D eigenvalue weighted by Crippen LogP contribution is 2.24. The number of carbonyl (C=O) groups is 1. The zero-order chi connectivity index (χ0) is 20.1.